The van der Waals surface area contributed by atoms with Crippen LogP contribution in [0.25, 0.3) is 6.08 Å². The zero-order chi connectivity index (χ0) is 10.7. The van der Waals surface area contributed by atoms with Gasteiger partial charge in [0.2, 0.25) is 0 Å². The molecule has 1 aliphatic carbocycles. The SMILES string of the molecule is CC1(C)/C=C/C=C\C=C\c2ccccc21. The van der Waals surface area contributed by atoms with Crippen molar-refractivity contribution in [2.24, 2.45) is 0 Å². The van der Waals surface area contributed by atoms with Crippen LogP contribution >= 0.6 is 0 Å². The second kappa shape index (κ2) is 3.90. The highest BCUT2D eigenvalue weighted by Gasteiger charge is 2.18. The summed E-state index contributed by atoms with van der Waals surface area (Å²) in [6.45, 7) is 4.49. The van der Waals surface area contributed by atoms with E-state index in [2.05, 4.69) is 74.6 Å². The van der Waals surface area contributed by atoms with Gasteiger partial charge >= 0.3 is 0 Å². The van der Waals surface area contributed by atoms with Crippen LogP contribution in [-0.4, -0.2) is 0 Å². The van der Waals surface area contributed by atoms with Crippen LogP contribution in [0.2, 0.25) is 0 Å². The average Bonchev–Trinajstić information content (AvgIpc) is 2.29. The van der Waals surface area contributed by atoms with Gasteiger partial charge in [-0.2, -0.15) is 0 Å². The van der Waals surface area contributed by atoms with Crippen molar-refractivity contribution in [2.75, 3.05) is 0 Å². The van der Waals surface area contributed by atoms with Crippen molar-refractivity contribution in [3.8, 4) is 0 Å². The minimum absolute atomic E-state index is 0.0929. The lowest BCUT2D eigenvalue weighted by Crippen LogP contribution is -2.14. The Bertz CT molecular complexity index is 431. The van der Waals surface area contributed by atoms with E-state index in [9.17, 15) is 0 Å². The molecule has 76 valence electrons. The predicted octanol–water partition coefficient (Wildman–Crippen LogP) is 4.10. The van der Waals surface area contributed by atoms with Gasteiger partial charge in [-0.1, -0.05) is 74.6 Å². The number of allylic oxidation sites excluding steroid dienone is 5. The minimum atomic E-state index is 0.0929. The summed E-state index contributed by atoms with van der Waals surface area (Å²) in [4.78, 5) is 0. The number of fused-ring (bicyclic) bond motifs is 1. The molecule has 0 fully saturated rings. The Kier molecular flexibility index (Phi) is 2.59. The van der Waals surface area contributed by atoms with Crippen LogP contribution in [0.15, 0.2) is 54.6 Å². The first-order chi connectivity index (χ1) is 7.20. The van der Waals surface area contributed by atoms with Crippen molar-refractivity contribution >= 4 is 6.08 Å². The first-order valence-corrected chi connectivity index (χ1v) is 5.32. The quantitative estimate of drug-likeness (QED) is 0.586. The van der Waals surface area contributed by atoms with Crippen LogP contribution in [0, 0.1) is 0 Å². The van der Waals surface area contributed by atoms with Gasteiger partial charge < -0.3 is 0 Å². The Morgan fingerprint density at radius 2 is 1.60 bits per heavy atom. The normalized spacial score (nSPS) is 24.1. The fourth-order valence-corrected chi connectivity index (χ4v) is 1.90. The number of rotatable bonds is 0. The van der Waals surface area contributed by atoms with E-state index in [-0.39, 0.29) is 5.41 Å². The lowest BCUT2D eigenvalue weighted by atomic mass is 9.81. The highest BCUT2D eigenvalue weighted by molar-refractivity contribution is 5.58. The largest absolute Gasteiger partial charge is 0.0745 e. The minimum Gasteiger partial charge on any atom is -0.0745 e. The molecule has 0 unspecified atom stereocenters. The molecule has 0 atom stereocenters. The molecule has 0 bridgehead atoms. The van der Waals surface area contributed by atoms with Gasteiger partial charge in [0.05, 0.1) is 0 Å². The Labute approximate surface area is 91.6 Å². The van der Waals surface area contributed by atoms with Crippen molar-refractivity contribution in [2.45, 2.75) is 19.3 Å². The van der Waals surface area contributed by atoms with Crippen LogP contribution in [0.3, 0.4) is 0 Å². The zero-order valence-electron chi connectivity index (χ0n) is 9.27. The summed E-state index contributed by atoms with van der Waals surface area (Å²) in [6.07, 6.45) is 12.8. The van der Waals surface area contributed by atoms with Crippen molar-refractivity contribution in [3.05, 3.63) is 65.8 Å². The second-order valence-corrected chi connectivity index (χ2v) is 4.41. The van der Waals surface area contributed by atoms with Crippen molar-refractivity contribution in [3.63, 3.8) is 0 Å². The smallest absolute Gasteiger partial charge is 0.00843 e. The van der Waals surface area contributed by atoms with Gasteiger partial charge in [-0.3, -0.25) is 0 Å². The number of benzene rings is 1. The summed E-state index contributed by atoms with van der Waals surface area (Å²) in [5.74, 6) is 0. The Morgan fingerprint density at radius 1 is 0.867 bits per heavy atom. The third-order valence-corrected chi connectivity index (χ3v) is 2.78. The van der Waals surface area contributed by atoms with E-state index in [0.717, 1.165) is 0 Å². The first-order valence-electron chi connectivity index (χ1n) is 5.32. The predicted molar refractivity (Wildman–Crippen MR) is 66.8 cm³/mol. The summed E-state index contributed by atoms with van der Waals surface area (Å²) >= 11 is 0. The topological polar surface area (TPSA) is 0 Å². The number of hydrogen-bond acceptors (Lipinski definition) is 0. The Morgan fingerprint density at radius 3 is 2.47 bits per heavy atom. The summed E-state index contributed by atoms with van der Waals surface area (Å²) in [7, 11) is 0. The van der Waals surface area contributed by atoms with Gasteiger partial charge in [0.25, 0.3) is 0 Å². The maximum absolute atomic E-state index is 2.25. The monoisotopic (exact) mass is 196 g/mol. The maximum atomic E-state index is 2.25. The first kappa shape index (κ1) is 9.97. The summed E-state index contributed by atoms with van der Waals surface area (Å²) < 4.78 is 0. The lowest BCUT2D eigenvalue weighted by Gasteiger charge is -2.23. The van der Waals surface area contributed by atoms with Crippen molar-refractivity contribution < 1.29 is 0 Å². The third-order valence-electron chi connectivity index (χ3n) is 2.78. The van der Waals surface area contributed by atoms with Crippen LogP contribution in [0.5, 0.6) is 0 Å². The molecule has 0 aliphatic heterocycles. The van der Waals surface area contributed by atoms with E-state index in [1.54, 1.807) is 0 Å². The standard InChI is InChI=1S/C15H16/c1-15(2)12-8-4-3-5-9-13-10-6-7-11-14(13)15/h3-12H,1-2H3/b4-3-,9-5+,12-8+. The van der Waals surface area contributed by atoms with Crippen LogP contribution < -0.4 is 0 Å². The highest BCUT2D eigenvalue weighted by atomic mass is 14.2. The van der Waals surface area contributed by atoms with Gasteiger partial charge in [-0.25, -0.2) is 0 Å². The summed E-state index contributed by atoms with van der Waals surface area (Å²) in [6, 6.07) is 8.56. The molecule has 0 saturated carbocycles. The molecular formula is C15H16. The molecule has 0 N–H and O–H groups in total. The van der Waals surface area contributed by atoms with Crippen molar-refractivity contribution in [1.82, 2.24) is 0 Å². The second-order valence-electron chi connectivity index (χ2n) is 4.41. The van der Waals surface area contributed by atoms with E-state index in [1.165, 1.54) is 11.1 Å². The molecular weight excluding hydrogens is 180 g/mol. The maximum Gasteiger partial charge on any atom is 0.00843 e. The third kappa shape index (κ3) is 2.10. The molecule has 1 aliphatic rings. The zero-order valence-corrected chi connectivity index (χ0v) is 9.27. The molecule has 0 saturated heterocycles. The molecule has 2 rings (SSSR count). The van der Waals surface area contributed by atoms with E-state index in [0.29, 0.717) is 0 Å². The van der Waals surface area contributed by atoms with E-state index >= 15 is 0 Å². The van der Waals surface area contributed by atoms with Gasteiger partial charge in [-0.05, 0) is 11.1 Å². The molecule has 0 amide bonds. The van der Waals surface area contributed by atoms with Crippen LogP contribution in [-0.2, 0) is 5.41 Å². The number of hydrogen-bond donors (Lipinski definition) is 0. The molecule has 1 aromatic carbocycles. The molecule has 0 heteroatoms. The van der Waals surface area contributed by atoms with Crippen LogP contribution in [0.1, 0.15) is 25.0 Å². The Balaban J connectivity index is 2.61. The molecule has 0 aromatic heterocycles. The molecule has 0 spiro atoms. The molecule has 0 radical (unpaired) electrons. The lowest BCUT2D eigenvalue weighted by molar-refractivity contribution is 0.668. The Hall–Kier alpha value is -1.56. The fourth-order valence-electron chi connectivity index (χ4n) is 1.90. The van der Waals surface area contributed by atoms with Gasteiger partial charge in [0, 0.05) is 5.41 Å². The summed E-state index contributed by atoms with van der Waals surface area (Å²) in [5.41, 5.74) is 2.77. The molecule has 15 heavy (non-hydrogen) atoms. The van der Waals surface area contributed by atoms with Gasteiger partial charge in [0.1, 0.15) is 0 Å². The molecule has 1 aromatic rings. The fraction of sp³-hybridized carbons (Fsp3) is 0.200. The van der Waals surface area contributed by atoms with Crippen LogP contribution in [0.4, 0.5) is 0 Å². The van der Waals surface area contributed by atoms with Crippen molar-refractivity contribution in [1.29, 1.82) is 0 Å². The summed E-state index contributed by atoms with van der Waals surface area (Å²) in [5, 5.41) is 0. The van der Waals surface area contributed by atoms with E-state index in [1.807, 2.05) is 0 Å². The van der Waals surface area contributed by atoms with E-state index in [4.69, 9.17) is 0 Å². The van der Waals surface area contributed by atoms with Gasteiger partial charge in [-0.15, -0.1) is 0 Å². The van der Waals surface area contributed by atoms with Gasteiger partial charge in [0.15, 0.2) is 0 Å². The van der Waals surface area contributed by atoms with E-state index < -0.39 is 0 Å². The average molecular weight is 196 g/mol. The molecule has 0 nitrogen and oxygen atoms in total. The molecule has 0 heterocycles. The highest BCUT2D eigenvalue weighted by Crippen LogP contribution is 2.29.